The molecule has 2 aliphatic rings. The number of hydrogen-bond acceptors (Lipinski definition) is 8. The van der Waals surface area contributed by atoms with Crippen LogP contribution in [0.3, 0.4) is 0 Å². The summed E-state index contributed by atoms with van der Waals surface area (Å²) in [5.74, 6) is 1.88. The molecule has 0 unspecified atom stereocenters. The van der Waals surface area contributed by atoms with Crippen LogP contribution >= 0.6 is 0 Å². The van der Waals surface area contributed by atoms with E-state index in [2.05, 4.69) is 15.5 Å². The Morgan fingerprint density at radius 2 is 1.97 bits per heavy atom. The second-order valence-electron chi connectivity index (χ2n) is 8.00. The van der Waals surface area contributed by atoms with Crippen molar-refractivity contribution in [2.45, 2.75) is 46.8 Å². The highest BCUT2D eigenvalue weighted by Gasteiger charge is 2.35. The van der Waals surface area contributed by atoms with Gasteiger partial charge in [0, 0.05) is 50.8 Å². The molecule has 0 radical (unpaired) electrons. The molecule has 160 valence electrons. The molecular formula is C20H27N7O3. The van der Waals surface area contributed by atoms with Gasteiger partial charge in [-0.05, 0) is 20.8 Å². The third kappa shape index (κ3) is 3.81. The summed E-state index contributed by atoms with van der Waals surface area (Å²) in [5.41, 5.74) is 2.02. The van der Waals surface area contributed by atoms with E-state index in [0.717, 1.165) is 17.0 Å². The lowest BCUT2D eigenvalue weighted by Crippen LogP contribution is -2.48. The van der Waals surface area contributed by atoms with Crippen molar-refractivity contribution in [1.82, 2.24) is 24.9 Å². The lowest BCUT2D eigenvalue weighted by atomic mass is 10.2. The molecule has 4 rings (SSSR count). The third-order valence-electron chi connectivity index (χ3n) is 5.53. The highest BCUT2D eigenvalue weighted by atomic mass is 16.5. The van der Waals surface area contributed by atoms with Crippen LogP contribution in [0.2, 0.25) is 0 Å². The topological polar surface area (TPSA) is 108 Å². The van der Waals surface area contributed by atoms with Gasteiger partial charge < -0.3 is 24.5 Å². The van der Waals surface area contributed by atoms with E-state index in [1.807, 2.05) is 36.6 Å². The Labute approximate surface area is 175 Å². The maximum absolute atomic E-state index is 13.0. The number of carbonyl (C=O) groups excluding carboxylic acids is 2. The summed E-state index contributed by atoms with van der Waals surface area (Å²) in [4.78, 5) is 39.6. The molecule has 2 amide bonds. The van der Waals surface area contributed by atoms with Gasteiger partial charge in [-0.3, -0.25) is 9.59 Å². The maximum Gasteiger partial charge on any atom is 0.273 e. The number of aryl methyl sites for hydroxylation is 1. The van der Waals surface area contributed by atoms with Gasteiger partial charge in [0.15, 0.2) is 0 Å². The van der Waals surface area contributed by atoms with Crippen LogP contribution in [0.25, 0.3) is 0 Å². The average Bonchev–Trinajstić information content (AvgIpc) is 3.29. The van der Waals surface area contributed by atoms with Crippen molar-refractivity contribution in [3.8, 4) is 0 Å². The number of hydrogen-bond donors (Lipinski definition) is 1. The van der Waals surface area contributed by atoms with Crippen molar-refractivity contribution in [1.29, 1.82) is 0 Å². The zero-order valence-corrected chi connectivity index (χ0v) is 17.8. The molecule has 30 heavy (non-hydrogen) atoms. The SMILES string of the molecule is CC(=O)N1CCN(c2nc(NCc3cc(C)on3)c3c(n2)C(=O)N(C(C)C)C3)CC1. The molecule has 2 aliphatic heterocycles. The van der Waals surface area contributed by atoms with Gasteiger partial charge in [-0.2, -0.15) is 4.98 Å². The van der Waals surface area contributed by atoms with Gasteiger partial charge in [-0.15, -0.1) is 0 Å². The van der Waals surface area contributed by atoms with Crippen LogP contribution in [0.4, 0.5) is 11.8 Å². The normalized spacial score (nSPS) is 16.4. The van der Waals surface area contributed by atoms with E-state index in [-0.39, 0.29) is 17.9 Å². The van der Waals surface area contributed by atoms with Crippen LogP contribution in [0.5, 0.6) is 0 Å². The first kappa shape index (κ1) is 20.1. The monoisotopic (exact) mass is 413 g/mol. The minimum atomic E-state index is -0.0775. The zero-order chi connectivity index (χ0) is 21.4. The van der Waals surface area contributed by atoms with Gasteiger partial charge >= 0.3 is 0 Å². The second kappa shape index (κ2) is 7.92. The van der Waals surface area contributed by atoms with Crippen molar-refractivity contribution in [3.05, 3.63) is 28.8 Å². The summed E-state index contributed by atoms with van der Waals surface area (Å²) in [6.45, 7) is 10.8. The Balaban J connectivity index is 1.62. The summed E-state index contributed by atoms with van der Waals surface area (Å²) < 4.78 is 5.13. The molecule has 0 spiro atoms. The van der Waals surface area contributed by atoms with Crippen LogP contribution in [0, 0.1) is 6.92 Å². The molecule has 0 bridgehead atoms. The molecule has 1 N–H and O–H groups in total. The van der Waals surface area contributed by atoms with E-state index < -0.39 is 0 Å². The lowest BCUT2D eigenvalue weighted by Gasteiger charge is -2.34. The number of nitrogens with one attached hydrogen (secondary N) is 1. The fraction of sp³-hybridized carbons (Fsp3) is 0.550. The molecule has 1 saturated heterocycles. The van der Waals surface area contributed by atoms with Gasteiger partial charge in [0.2, 0.25) is 11.9 Å². The second-order valence-corrected chi connectivity index (χ2v) is 8.00. The summed E-state index contributed by atoms with van der Waals surface area (Å²) >= 11 is 0. The van der Waals surface area contributed by atoms with Crippen molar-refractivity contribution in [2.75, 3.05) is 36.4 Å². The standard InChI is InChI=1S/C20H27N7O3/c1-12(2)27-11-16-17(19(27)29)22-20(26-7-5-25(6-8-26)14(4)28)23-18(16)21-10-15-9-13(3)30-24-15/h9,12H,5-8,10-11H2,1-4H3,(H,21,22,23). The van der Waals surface area contributed by atoms with Gasteiger partial charge in [0.05, 0.1) is 13.1 Å². The van der Waals surface area contributed by atoms with Crippen LogP contribution in [0.1, 0.15) is 48.3 Å². The van der Waals surface area contributed by atoms with E-state index in [0.29, 0.717) is 56.7 Å². The molecule has 0 aliphatic carbocycles. The van der Waals surface area contributed by atoms with Crippen molar-refractivity contribution < 1.29 is 14.1 Å². The van der Waals surface area contributed by atoms with E-state index >= 15 is 0 Å². The van der Waals surface area contributed by atoms with E-state index in [4.69, 9.17) is 9.51 Å². The third-order valence-corrected chi connectivity index (χ3v) is 5.53. The number of piperazine rings is 1. The largest absolute Gasteiger partial charge is 0.364 e. The molecular weight excluding hydrogens is 386 g/mol. The molecule has 10 nitrogen and oxygen atoms in total. The number of carbonyl (C=O) groups is 2. The summed E-state index contributed by atoms with van der Waals surface area (Å²) in [6.07, 6.45) is 0. The highest BCUT2D eigenvalue weighted by molar-refractivity contribution is 5.98. The first-order valence-corrected chi connectivity index (χ1v) is 10.2. The highest BCUT2D eigenvalue weighted by Crippen LogP contribution is 2.31. The molecule has 0 atom stereocenters. The first-order chi connectivity index (χ1) is 14.3. The minimum absolute atomic E-state index is 0.0672. The van der Waals surface area contributed by atoms with Crippen LogP contribution < -0.4 is 10.2 Å². The Kier molecular flexibility index (Phi) is 5.31. The molecule has 2 aromatic rings. The summed E-state index contributed by atoms with van der Waals surface area (Å²) in [7, 11) is 0. The molecule has 0 saturated carbocycles. The maximum atomic E-state index is 13.0. The van der Waals surface area contributed by atoms with Gasteiger partial charge in [0.1, 0.15) is 23.0 Å². The summed E-state index contributed by atoms with van der Waals surface area (Å²) in [5, 5.41) is 7.33. The van der Waals surface area contributed by atoms with Gasteiger partial charge in [0.25, 0.3) is 5.91 Å². The molecule has 4 heterocycles. The quantitative estimate of drug-likeness (QED) is 0.784. The van der Waals surface area contributed by atoms with Crippen molar-refractivity contribution in [2.24, 2.45) is 0 Å². The number of amides is 2. The fourth-order valence-electron chi connectivity index (χ4n) is 3.78. The predicted octanol–water partition coefficient (Wildman–Crippen LogP) is 1.42. The lowest BCUT2D eigenvalue weighted by molar-refractivity contribution is -0.129. The first-order valence-electron chi connectivity index (χ1n) is 10.2. The number of rotatable bonds is 5. The van der Waals surface area contributed by atoms with E-state index in [1.165, 1.54) is 0 Å². The number of fused-ring (bicyclic) bond motifs is 1. The van der Waals surface area contributed by atoms with Crippen LogP contribution in [-0.2, 0) is 17.9 Å². The smallest absolute Gasteiger partial charge is 0.273 e. The molecule has 10 heteroatoms. The Morgan fingerprint density at radius 1 is 1.23 bits per heavy atom. The van der Waals surface area contributed by atoms with E-state index in [1.54, 1.807) is 11.8 Å². The Hall–Kier alpha value is -3.17. The molecule has 2 aromatic heterocycles. The minimum Gasteiger partial charge on any atom is -0.364 e. The predicted molar refractivity (Wildman–Crippen MR) is 110 cm³/mol. The Bertz CT molecular complexity index is 963. The Morgan fingerprint density at radius 3 is 2.57 bits per heavy atom. The van der Waals surface area contributed by atoms with Crippen LogP contribution in [0.15, 0.2) is 10.6 Å². The van der Waals surface area contributed by atoms with E-state index in [9.17, 15) is 9.59 Å². The number of anilines is 2. The average molecular weight is 413 g/mol. The van der Waals surface area contributed by atoms with Crippen LogP contribution in [-0.4, -0.2) is 69.0 Å². The number of aromatic nitrogens is 3. The zero-order valence-electron chi connectivity index (χ0n) is 17.8. The fourth-order valence-corrected chi connectivity index (χ4v) is 3.78. The molecule has 0 aromatic carbocycles. The van der Waals surface area contributed by atoms with Crippen molar-refractivity contribution >= 4 is 23.6 Å². The van der Waals surface area contributed by atoms with Gasteiger partial charge in [-0.25, -0.2) is 4.98 Å². The summed E-state index contributed by atoms with van der Waals surface area (Å²) in [6, 6.07) is 1.93. The van der Waals surface area contributed by atoms with Crippen molar-refractivity contribution in [3.63, 3.8) is 0 Å². The van der Waals surface area contributed by atoms with Gasteiger partial charge in [-0.1, -0.05) is 5.16 Å². The molecule has 1 fully saturated rings. The number of nitrogens with zero attached hydrogens (tertiary/aromatic N) is 6.